The van der Waals surface area contributed by atoms with E-state index in [9.17, 15) is 13.2 Å². The zero-order chi connectivity index (χ0) is 23.0. The van der Waals surface area contributed by atoms with Crippen LogP contribution >= 0.6 is 0 Å². The zero-order valence-corrected chi connectivity index (χ0v) is 18.1. The van der Waals surface area contributed by atoms with Gasteiger partial charge in [-0.15, -0.1) is 0 Å². The highest BCUT2D eigenvalue weighted by atomic mass is 19.4. The molecule has 0 amide bonds. The van der Waals surface area contributed by atoms with E-state index in [4.69, 9.17) is 9.47 Å². The van der Waals surface area contributed by atoms with E-state index in [1.807, 2.05) is 31.2 Å². The van der Waals surface area contributed by atoms with Gasteiger partial charge in [0.2, 0.25) is 0 Å². The summed E-state index contributed by atoms with van der Waals surface area (Å²) in [5.41, 5.74) is 2.20. The van der Waals surface area contributed by atoms with Crippen molar-refractivity contribution in [3.05, 3.63) is 70.9 Å². The fourth-order valence-electron chi connectivity index (χ4n) is 3.71. The van der Waals surface area contributed by atoms with Gasteiger partial charge in [-0.1, -0.05) is 29.8 Å². The lowest BCUT2D eigenvalue weighted by Crippen LogP contribution is -2.09. The average Bonchev–Trinajstić information content (AvgIpc) is 3.08. The Morgan fingerprint density at radius 3 is 2.28 bits per heavy atom. The molecule has 0 atom stereocenters. The maximum atomic E-state index is 14.1. The van der Waals surface area contributed by atoms with Crippen LogP contribution in [0.2, 0.25) is 0 Å². The Balaban J connectivity index is 1.97. The van der Waals surface area contributed by atoms with Crippen molar-refractivity contribution in [1.29, 1.82) is 0 Å². The quantitative estimate of drug-likeness (QED) is 0.393. The first-order valence-corrected chi connectivity index (χ1v) is 9.94. The zero-order valence-electron chi connectivity index (χ0n) is 18.1. The van der Waals surface area contributed by atoms with Crippen molar-refractivity contribution in [1.82, 2.24) is 14.8 Å². The number of alkyl halides is 3. The highest BCUT2D eigenvalue weighted by Crippen LogP contribution is 2.40. The minimum atomic E-state index is -4.58. The molecule has 4 aromatic rings. The van der Waals surface area contributed by atoms with Crippen LogP contribution in [-0.4, -0.2) is 29.0 Å². The number of pyridine rings is 1. The van der Waals surface area contributed by atoms with E-state index in [-0.39, 0.29) is 22.4 Å². The molecule has 0 saturated heterocycles. The van der Waals surface area contributed by atoms with E-state index in [0.717, 1.165) is 17.2 Å². The van der Waals surface area contributed by atoms with Crippen molar-refractivity contribution in [3.8, 4) is 22.8 Å². The number of benzene rings is 2. The number of aryl methyl sites for hydroxylation is 2. The molecule has 4 rings (SSSR count). The van der Waals surface area contributed by atoms with Gasteiger partial charge in [0.25, 0.3) is 0 Å². The molecule has 2 aromatic carbocycles. The van der Waals surface area contributed by atoms with Crippen LogP contribution in [0.3, 0.4) is 0 Å². The van der Waals surface area contributed by atoms with Crippen LogP contribution in [0.1, 0.15) is 22.4 Å². The molecule has 0 spiro atoms. The van der Waals surface area contributed by atoms with Crippen molar-refractivity contribution in [2.75, 3.05) is 14.2 Å². The summed E-state index contributed by atoms with van der Waals surface area (Å²) < 4.78 is 54.4. The normalized spacial score (nSPS) is 11.7. The van der Waals surface area contributed by atoms with Crippen molar-refractivity contribution in [2.45, 2.75) is 26.6 Å². The molecule has 2 aromatic heterocycles. The van der Waals surface area contributed by atoms with Gasteiger partial charge in [0.1, 0.15) is 11.5 Å². The first kappa shape index (κ1) is 21.7. The lowest BCUT2D eigenvalue weighted by Gasteiger charge is -2.14. The van der Waals surface area contributed by atoms with Crippen molar-refractivity contribution in [2.24, 2.45) is 0 Å². The first-order valence-electron chi connectivity index (χ1n) is 9.94. The second-order valence-corrected chi connectivity index (χ2v) is 7.55. The summed E-state index contributed by atoms with van der Waals surface area (Å²) in [6, 6.07) is 13.7. The number of aromatic nitrogens is 3. The molecule has 166 valence electrons. The van der Waals surface area contributed by atoms with E-state index in [0.29, 0.717) is 23.6 Å². The molecular weight excluding hydrogens is 419 g/mol. The average molecular weight is 441 g/mol. The van der Waals surface area contributed by atoms with Crippen LogP contribution in [0.4, 0.5) is 13.2 Å². The number of nitrogens with zero attached hydrogens (tertiary/aromatic N) is 3. The Hall–Kier alpha value is -3.55. The van der Waals surface area contributed by atoms with Gasteiger partial charge in [-0.2, -0.15) is 18.3 Å². The highest BCUT2D eigenvalue weighted by molar-refractivity contribution is 5.86. The van der Waals surface area contributed by atoms with Crippen molar-refractivity contribution >= 4 is 11.0 Å². The summed E-state index contributed by atoms with van der Waals surface area (Å²) >= 11 is 0. The largest absolute Gasteiger partial charge is 0.497 e. The molecule has 32 heavy (non-hydrogen) atoms. The van der Waals surface area contributed by atoms with Gasteiger partial charge in [-0.3, -0.25) is 0 Å². The Kier molecular flexibility index (Phi) is 5.54. The molecule has 8 heteroatoms. The second kappa shape index (κ2) is 8.18. The molecule has 5 nitrogen and oxygen atoms in total. The van der Waals surface area contributed by atoms with Crippen LogP contribution < -0.4 is 9.47 Å². The molecule has 0 aliphatic rings. The molecular formula is C24H22F3N3O2. The number of fused-ring (bicyclic) bond motifs is 1. The third-order valence-electron chi connectivity index (χ3n) is 5.32. The van der Waals surface area contributed by atoms with Crippen LogP contribution in [-0.2, 0) is 12.7 Å². The molecule has 0 fully saturated rings. The summed E-state index contributed by atoms with van der Waals surface area (Å²) in [5, 5.41) is 4.39. The van der Waals surface area contributed by atoms with E-state index in [2.05, 4.69) is 10.1 Å². The molecule has 0 aliphatic carbocycles. The van der Waals surface area contributed by atoms with Gasteiger partial charge in [-0.05, 0) is 43.7 Å². The van der Waals surface area contributed by atoms with Crippen molar-refractivity contribution < 1.29 is 22.6 Å². The molecule has 0 radical (unpaired) electrons. The highest BCUT2D eigenvalue weighted by Gasteiger charge is 2.36. The third-order valence-corrected chi connectivity index (χ3v) is 5.32. The van der Waals surface area contributed by atoms with E-state index >= 15 is 0 Å². The predicted octanol–water partition coefficient (Wildman–Crippen LogP) is 5.80. The Bertz CT molecular complexity index is 1280. The molecule has 2 heterocycles. The summed E-state index contributed by atoms with van der Waals surface area (Å²) in [7, 11) is 2.95. The van der Waals surface area contributed by atoms with Crippen LogP contribution in [0.15, 0.2) is 48.5 Å². The fraction of sp³-hybridized carbons (Fsp3) is 0.250. The van der Waals surface area contributed by atoms with Crippen LogP contribution in [0.5, 0.6) is 11.5 Å². The van der Waals surface area contributed by atoms with Crippen LogP contribution in [0.25, 0.3) is 22.3 Å². The number of hydrogen-bond acceptors (Lipinski definition) is 4. The minimum absolute atomic E-state index is 0.00442. The summed E-state index contributed by atoms with van der Waals surface area (Å²) in [5.74, 6) is 0.882. The van der Waals surface area contributed by atoms with Gasteiger partial charge >= 0.3 is 6.18 Å². The summed E-state index contributed by atoms with van der Waals surface area (Å²) in [4.78, 5) is 4.60. The van der Waals surface area contributed by atoms with E-state index in [1.165, 1.54) is 18.9 Å². The molecule has 0 saturated carbocycles. The van der Waals surface area contributed by atoms with Crippen LogP contribution in [0, 0.1) is 13.8 Å². The number of halogens is 3. The SMILES string of the molecule is COc1ccc(OC)c(-c2cc(C(F)(F)F)c3c(C)nn(Cc4ccc(C)cc4)c3n2)c1. The Morgan fingerprint density at radius 1 is 0.938 bits per heavy atom. The summed E-state index contributed by atoms with van der Waals surface area (Å²) in [6.07, 6.45) is -4.58. The van der Waals surface area contributed by atoms with Gasteiger partial charge in [0, 0.05) is 5.56 Å². The monoisotopic (exact) mass is 441 g/mol. The lowest BCUT2D eigenvalue weighted by molar-refractivity contribution is -0.136. The van der Waals surface area contributed by atoms with Gasteiger partial charge in [-0.25, -0.2) is 9.67 Å². The fourth-order valence-corrected chi connectivity index (χ4v) is 3.71. The predicted molar refractivity (Wildman–Crippen MR) is 116 cm³/mol. The maximum Gasteiger partial charge on any atom is 0.417 e. The number of methoxy groups -OCH3 is 2. The standard InChI is InChI=1S/C24H22F3N3O2/c1-14-5-7-16(8-6-14)13-30-23-22(15(2)29-30)19(24(25,26)27)12-20(28-23)18-11-17(31-3)9-10-21(18)32-4/h5-12H,13H2,1-4H3. The number of ether oxygens (including phenoxy) is 2. The number of hydrogen-bond donors (Lipinski definition) is 0. The van der Waals surface area contributed by atoms with Gasteiger partial charge < -0.3 is 9.47 Å². The van der Waals surface area contributed by atoms with E-state index < -0.39 is 11.7 Å². The minimum Gasteiger partial charge on any atom is -0.497 e. The topological polar surface area (TPSA) is 49.2 Å². The summed E-state index contributed by atoms with van der Waals surface area (Å²) in [6.45, 7) is 3.84. The Morgan fingerprint density at radius 2 is 1.66 bits per heavy atom. The van der Waals surface area contributed by atoms with E-state index in [1.54, 1.807) is 25.1 Å². The first-order chi connectivity index (χ1) is 15.2. The molecule has 0 bridgehead atoms. The molecule has 0 N–H and O–H groups in total. The second-order valence-electron chi connectivity index (χ2n) is 7.55. The lowest BCUT2D eigenvalue weighted by atomic mass is 10.0. The smallest absolute Gasteiger partial charge is 0.417 e. The van der Waals surface area contributed by atoms with Gasteiger partial charge in [0.15, 0.2) is 5.65 Å². The van der Waals surface area contributed by atoms with Crippen molar-refractivity contribution in [3.63, 3.8) is 0 Å². The molecule has 0 aliphatic heterocycles. The number of rotatable bonds is 5. The maximum absolute atomic E-state index is 14.1. The Labute approximate surface area is 183 Å². The van der Waals surface area contributed by atoms with Gasteiger partial charge in [0.05, 0.1) is 43.1 Å². The third kappa shape index (κ3) is 4.00. The molecule has 0 unspecified atom stereocenters.